The second-order valence-corrected chi connectivity index (χ2v) is 8.13. The Balaban J connectivity index is 1.99. The fourth-order valence-corrected chi connectivity index (χ4v) is 4.76. The molecule has 128 valence electrons. The van der Waals surface area contributed by atoms with Crippen molar-refractivity contribution in [3.63, 3.8) is 0 Å². The normalized spacial score (nSPS) is 11.8. The number of aryl methyl sites for hydroxylation is 1. The van der Waals surface area contributed by atoms with Crippen molar-refractivity contribution in [2.45, 2.75) is 24.7 Å². The van der Waals surface area contributed by atoms with Gasteiger partial charge >= 0.3 is 0 Å². The van der Waals surface area contributed by atoms with Gasteiger partial charge in [0.25, 0.3) is 10.0 Å². The summed E-state index contributed by atoms with van der Waals surface area (Å²) in [6.45, 7) is 2.04. The molecule has 1 aromatic carbocycles. The monoisotopic (exact) mass is 385 g/mol. The third-order valence-corrected chi connectivity index (χ3v) is 6.02. The van der Waals surface area contributed by atoms with Crippen LogP contribution in [0.3, 0.4) is 0 Å². The highest BCUT2D eigenvalue weighted by Gasteiger charge is 2.23. The number of H-pyrrole nitrogens is 1. The van der Waals surface area contributed by atoms with Crippen LogP contribution in [0.2, 0.25) is 5.02 Å². The number of aromatic nitrogens is 2. The molecule has 0 aliphatic rings. The summed E-state index contributed by atoms with van der Waals surface area (Å²) in [5.74, 6) is 0.697. The number of sulfonamides is 1. The molecule has 0 saturated carbocycles. The van der Waals surface area contributed by atoms with Gasteiger partial charge in [0, 0.05) is 22.1 Å². The Morgan fingerprint density at radius 3 is 2.92 bits per heavy atom. The minimum absolute atomic E-state index is 0.140. The molecule has 0 saturated heterocycles. The van der Waals surface area contributed by atoms with E-state index < -0.39 is 10.0 Å². The van der Waals surface area contributed by atoms with Crippen LogP contribution in [-0.4, -0.2) is 24.9 Å². The number of ether oxygens (including phenoxy) is 1. The van der Waals surface area contributed by atoms with Gasteiger partial charge in [-0.1, -0.05) is 24.9 Å². The summed E-state index contributed by atoms with van der Waals surface area (Å²) >= 11 is 7.18. The zero-order chi connectivity index (χ0) is 17.3. The van der Waals surface area contributed by atoms with Crippen LogP contribution in [0.5, 0.6) is 5.75 Å². The minimum atomic E-state index is -3.80. The quantitative estimate of drug-likeness (QED) is 0.670. The SMILES string of the molecule is CCCc1snc(NS(=O)(=O)c2c[nH]c3cc(Cl)ccc23)c1OC. The van der Waals surface area contributed by atoms with Crippen molar-refractivity contribution in [3.8, 4) is 5.75 Å². The second kappa shape index (κ2) is 6.62. The van der Waals surface area contributed by atoms with Gasteiger partial charge < -0.3 is 9.72 Å². The van der Waals surface area contributed by atoms with E-state index in [0.717, 1.165) is 17.7 Å². The molecule has 0 radical (unpaired) electrons. The Bertz CT molecular complexity index is 979. The maximum Gasteiger partial charge on any atom is 0.265 e. The number of benzene rings is 1. The Morgan fingerprint density at radius 2 is 2.21 bits per heavy atom. The highest BCUT2D eigenvalue weighted by molar-refractivity contribution is 7.93. The van der Waals surface area contributed by atoms with Crippen LogP contribution >= 0.6 is 23.1 Å². The zero-order valence-electron chi connectivity index (χ0n) is 13.1. The number of hydrogen-bond acceptors (Lipinski definition) is 5. The van der Waals surface area contributed by atoms with Crippen LogP contribution in [0, 0.1) is 0 Å². The van der Waals surface area contributed by atoms with E-state index in [9.17, 15) is 8.42 Å². The van der Waals surface area contributed by atoms with Crippen molar-refractivity contribution in [2.24, 2.45) is 0 Å². The predicted octanol–water partition coefficient (Wildman–Crippen LogP) is 4.04. The zero-order valence-corrected chi connectivity index (χ0v) is 15.5. The second-order valence-electron chi connectivity index (χ2n) is 5.19. The number of rotatable bonds is 6. The van der Waals surface area contributed by atoms with Crippen molar-refractivity contribution in [1.29, 1.82) is 0 Å². The van der Waals surface area contributed by atoms with Crippen molar-refractivity contribution in [3.05, 3.63) is 34.3 Å². The van der Waals surface area contributed by atoms with Gasteiger partial charge in [0.2, 0.25) is 0 Å². The van der Waals surface area contributed by atoms with Crippen LogP contribution in [-0.2, 0) is 16.4 Å². The number of anilines is 1. The molecule has 0 amide bonds. The van der Waals surface area contributed by atoms with Crippen LogP contribution in [0.15, 0.2) is 29.3 Å². The highest BCUT2D eigenvalue weighted by Crippen LogP contribution is 2.35. The van der Waals surface area contributed by atoms with Gasteiger partial charge in [-0.25, -0.2) is 8.42 Å². The van der Waals surface area contributed by atoms with Gasteiger partial charge in [-0.05, 0) is 36.2 Å². The minimum Gasteiger partial charge on any atom is -0.492 e. The number of halogens is 1. The third kappa shape index (κ3) is 3.09. The lowest BCUT2D eigenvalue weighted by atomic mass is 10.2. The van der Waals surface area contributed by atoms with Gasteiger partial charge in [-0.15, -0.1) is 0 Å². The van der Waals surface area contributed by atoms with Gasteiger partial charge in [0.05, 0.1) is 12.0 Å². The lowest BCUT2D eigenvalue weighted by Crippen LogP contribution is -2.13. The summed E-state index contributed by atoms with van der Waals surface area (Å²) < 4.78 is 37.5. The van der Waals surface area contributed by atoms with Crippen LogP contribution < -0.4 is 9.46 Å². The van der Waals surface area contributed by atoms with E-state index in [1.807, 2.05) is 6.92 Å². The molecule has 0 spiro atoms. The first-order valence-corrected chi connectivity index (χ1v) is 9.91. The molecule has 2 N–H and O–H groups in total. The Kier molecular flexibility index (Phi) is 4.71. The van der Waals surface area contributed by atoms with Crippen LogP contribution in [0.4, 0.5) is 5.82 Å². The molecule has 0 aliphatic heterocycles. The van der Waals surface area contributed by atoms with Gasteiger partial charge in [0.15, 0.2) is 11.6 Å². The average Bonchev–Trinajstić information content (AvgIpc) is 3.11. The molecule has 0 bridgehead atoms. The van der Waals surface area contributed by atoms with Gasteiger partial charge in [-0.3, -0.25) is 4.72 Å². The van der Waals surface area contributed by atoms with E-state index in [4.69, 9.17) is 16.3 Å². The van der Waals surface area contributed by atoms with Crippen molar-refractivity contribution in [2.75, 3.05) is 11.8 Å². The number of aromatic amines is 1. The topological polar surface area (TPSA) is 84.1 Å². The number of nitrogens with zero attached hydrogens (tertiary/aromatic N) is 1. The van der Waals surface area contributed by atoms with E-state index in [1.54, 1.807) is 18.2 Å². The molecule has 0 unspecified atom stereocenters. The number of hydrogen-bond donors (Lipinski definition) is 2. The maximum atomic E-state index is 12.7. The molecule has 2 aromatic heterocycles. The summed E-state index contributed by atoms with van der Waals surface area (Å²) in [7, 11) is -2.30. The molecular weight excluding hydrogens is 370 g/mol. The molecule has 3 rings (SSSR count). The molecule has 0 aliphatic carbocycles. The standard InChI is InChI=1S/C15H16ClN3O3S2/c1-3-4-12-14(22-2)15(18-23-12)19-24(20,21)13-8-17-11-7-9(16)5-6-10(11)13/h5-8,17H,3-4H2,1-2H3,(H,18,19). The van der Waals surface area contributed by atoms with Crippen LogP contribution in [0.25, 0.3) is 10.9 Å². The van der Waals surface area contributed by atoms with Gasteiger partial charge in [-0.2, -0.15) is 4.37 Å². The predicted molar refractivity (Wildman–Crippen MR) is 96.8 cm³/mol. The summed E-state index contributed by atoms with van der Waals surface area (Å²) in [5.41, 5.74) is 0.653. The molecule has 3 aromatic rings. The summed E-state index contributed by atoms with van der Waals surface area (Å²) in [4.78, 5) is 3.98. The fraction of sp³-hybridized carbons (Fsp3) is 0.267. The molecule has 24 heavy (non-hydrogen) atoms. The lowest BCUT2D eigenvalue weighted by Gasteiger charge is -2.07. The Hall–Kier alpha value is -1.77. The maximum absolute atomic E-state index is 12.7. The van der Waals surface area contributed by atoms with Crippen molar-refractivity contribution >= 4 is 49.9 Å². The largest absolute Gasteiger partial charge is 0.492 e. The molecule has 9 heteroatoms. The van der Waals surface area contributed by atoms with E-state index in [0.29, 0.717) is 21.7 Å². The number of methoxy groups -OCH3 is 1. The molecule has 6 nitrogen and oxygen atoms in total. The summed E-state index contributed by atoms with van der Waals surface area (Å²) in [6, 6.07) is 5.00. The van der Waals surface area contributed by atoms with Crippen molar-refractivity contribution in [1.82, 2.24) is 9.36 Å². The van der Waals surface area contributed by atoms with Crippen LogP contribution in [0.1, 0.15) is 18.2 Å². The Morgan fingerprint density at radius 1 is 1.42 bits per heavy atom. The summed E-state index contributed by atoms with van der Waals surface area (Å²) in [6.07, 6.45) is 3.15. The third-order valence-electron chi connectivity index (χ3n) is 3.52. The lowest BCUT2D eigenvalue weighted by molar-refractivity contribution is 0.413. The first-order valence-electron chi connectivity index (χ1n) is 7.28. The molecular formula is C15H16ClN3O3S2. The molecule has 2 heterocycles. The Labute approximate surface area is 149 Å². The smallest absolute Gasteiger partial charge is 0.265 e. The van der Waals surface area contributed by atoms with E-state index >= 15 is 0 Å². The van der Waals surface area contributed by atoms with E-state index in [1.165, 1.54) is 24.8 Å². The fourth-order valence-electron chi connectivity index (χ4n) is 2.45. The first-order chi connectivity index (χ1) is 11.5. The highest BCUT2D eigenvalue weighted by atomic mass is 35.5. The number of fused-ring (bicyclic) bond motifs is 1. The first kappa shape index (κ1) is 17.1. The molecule has 0 atom stereocenters. The molecule has 0 fully saturated rings. The van der Waals surface area contributed by atoms with E-state index in [-0.39, 0.29) is 10.7 Å². The van der Waals surface area contributed by atoms with Gasteiger partial charge in [0.1, 0.15) is 4.90 Å². The van der Waals surface area contributed by atoms with Crippen molar-refractivity contribution < 1.29 is 13.2 Å². The van der Waals surface area contributed by atoms with E-state index in [2.05, 4.69) is 14.1 Å². The summed E-state index contributed by atoms with van der Waals surface area (Å²) in [5, 5.41) is 1.10. The number of nitrogens with one attached hydrogen (secondary N) is 2. The average molecular weight is 386 g/mol.